The average molecular weight is 509 g/mol. The summed E-state index contributed by atoms with van der Waals surface area (Å²) in [5.74, 6) is -5.49. The summed E-state index contributed by atoms with van der Waals surface area (Å²) >= 11 is 0. The van der Waals surface area contributed by atoms with E-state index in [-0.39, 0.29) is 29.2 Å². The van der Waals surface area contributed by atoms with Gasteiger partial charge in [-0.25, -0.2) is 8.78 Å². The number of likely N-dealkylation sites (N-methyl/N-ethyl adjacent to an activating group) is 1. The number of carbonyl (C=O) groups is 2. The monoisotopic (exact) mass is 508 g/mol. The third-order valence-corrected chi connectivity index (χ3v) is 7.17. The molecule has 1 aliphatic rings. The van der Waals surface area contributed by atoms with Crippen LogP contribution in [0.15, 0.2) is 60.7 Å². The Morgan fingerprint density at radius 3 is 2.35 bits per heavy atom. The highest BCUT2D eigenvalue weighted by Gasteiger charge is 2.46. The summed E-state index contributed by atoms with van der Waals surface area (Å²) in [6, 6.07) is 14.4. The van der Waals surface area contributed by atoms with E-state index < -0.39 is 40.9 Å². The minimum atomic E-state index is -1.02. The maximum Gasteiger partial charge on any atom is 0.175 e. The van der Waals surface area contributed by atoms with Gasteiger partial charge in [-0.3, -0.25) is 9.59 Å². The summed E-state index contributed by atoms with van der Waals surface area (Å²) in [4.78, 5) is 29.8. The number of halogens is 2. The van der Waals surface area contributed by atoms with Crippen LogP contribution in [0.25, 0.3) is 0 Å². The molecule has 0 bridgehead atoms. The molecule has 3 aromatic carbocycles. The highest BCUT2D eigenvalue weighted by molar-refractivity contribution is 6.02. The van der Waals surface area contributed by atoms with E-state index in [1.165, 1.54) is 36.4 Å². The van der Waals surface area contributed by atoms with Gasteiger partial charge in [0.05, 0.1) is 5.56 Å². The zero-order valence-electron chi connectivity index (χ0n) is 20.7. The second kappa shape index (κ2) is 11.2. The van der Waals surface area contributed by atoms with Crippen molar-refractivity contribution in [2.75, 3.05) is 33.2 Å². The number of phenols is 2. The van der Waals surface area contributed by atoms with Gasteiger partial charge in [0.1, 0.15) is 11.6 Å². The molecule has 0 aliphatic carbocycles. The molecule has 0 spiro atoms. The molecule has 1 heterocycles. The first-order valence-corrected chi connectivity index (χ1v) is 12.2. The number of nitrogens with zero attached hydrogens (tertiary/aromatic N) is 1. The van der Waals surface area contributed by atoms with Crippen molar-refractivity contribution in [2.24, 2.45) is 11.8 Å². The fourth-order valence-electron chi connectivity index (χ4n) is 5.28. The van der Waals surface area contributed by atoms with Crippen molar-refractivity contribution in [3.63, 3.8) is 0 Å². The maximum absolute atomic E-state index is 14.9. The second-order valence-electron chi connectivity index (χ2n) is 9.47. The van der Waals surface area contributed by atoms with Gasteiger partial charge in [0, 0.05) is 49.5 Å². The standard InChI is InChI=1S/C29H30F2N2O4/c1-17-20(8-4-10-24(17)30)26-22(28(36)18-6-3-7-19(34)14-18)15-33(13-12-32-2)16-23(26)29(37)21-9-5-11-25(35)27(21)31/h3-11,14,22-23,26,32,34-35H,12-13,15-16H2,1-2H3/t22-,23-,26-/m0/s1. The SMILES string of the molecule is CNCCN1C[C@H](C(=O)c2cccc(O)c2)[C@H](c2cccc(F)c2C)[C@@H](C(=O)c2cccc(O)c2F)C1. The van der Waals surface area contributed by atoms with E-state index in [1.807, 2.05) is 4.90 Å². The van der Waals surface area contributed by atoms with Crippen molar-refractivity contribution in [1.29, 1.82) is 0 Å². The molecule has 3 atom stereocenters. The lowest BCUT2D eigenvalue weighted by molar-refractivity contribution is 0.0572. The fraction of sp³-hybridized carbons (Fsp3) is 0.310. The lowest BCUT2D eigenvalue weighted by Gasteiger charge is -2.43. The highest BCUT2D eigenvalue weighted by Crippen LogP contribution is 2.43. The molecular weight excluding hydrogens is 478 g/mol. The average Bonchev–Trinajstić information content (AvgIpc) is 2.89. The number of hydrogen-bond acceptors (Lipinski definition) is 6. The van der Waals surface area contributed by atoms with Crippen molar-refractivity contribution < 1.29 is 28.6 Å². The number of phenolic OH excluding ortho intramolecular Hbond substituents is 2. The summed E-state index contributed by atoms with van der Waals surface area (Å²) in [6.45, 7) is 3.24. The smallest absolute Gasteiger partial charge is 0.175 e. The zero-order valence-corrected chi connectivity index (χ0v) is 20.7. The van der Waals surface area contributed by atoms with Gasteiger partial charge in [0.25, 0.3) is 0 Å². The zero-order chi connectivity index (χ0) is 26.7. The summed E-state index contributed by atoms with van der Waals surface area (Å²) < 4.78 is 29.6. The largest absolute Gasteiger partial charge is 0.508 e. The molecule has 194 valence electrons. The second-order valence-corrected chi connectivity index (χ2v) is 9.47. The van der Waals surface area contributed by atoms with Gasteiger partial charge in [0.2, 0.25) is 0 Å². The molecule has 6 nitrogen and oxygen atoms in total. The first-order valence-electron chi connectivity index (χ1n) is 12.2. The number of piperidine rings is 1. The molecule has 37 heavy (non-hydrogen) atoms. The summed E-state index contributed by atoms with van der Waals surface area (Å²) in [5, 5.41) is 23.0. The van der Waals surface area contributed by atoms with E-state index in [2.05, 4.69) is 5.32 Å². The van der Waals surface area contributed by atoms with Crippen LogP contribution in [0.3, 0.4) is 0 Å². The van der Waals surface area contributed by atoms with Gasteiger partial charge >= 0.3 is 0 Å². The van der Waals surface area contributed by atoms with Gasteiger partial charge in [-0.1, -0.05) is 30.3 Å². The molecule has 0 aromatic heterocycles. The van der Waals surface area contributed by atoms with E-state index in [4.69, 9.17) is 0 Å². The predicted octanol–water partition coefficient (Wildman–Crippen LogP) is 4.30. The lowest BCUT2D eigenvalue weighted by atomic mass is 9.67. The Kier molecular flexibility index (Phi) is 8.00. The number of carbonyl (C=O) groups excluding carboxylic acids is 2. The Bertz CT molecular complexity index is 1310. The van der Waals surface area contributed by atoms with Crippen LogP contribution in [0, 0.1) is 30.4 Å². The summed E-state index contributed by atoms with van der Waals surface area (Å²) in [5.41, 5.74) is 0.821. The number of nitrogens with one attached hydrogen (secondary N) is 1. The molecule has 8 heteroatoms. The van der Waals surface area contributed by atoms with E-state index in [0.29, 0.717) is 30.8 Å². The number of rotatable bonds is 8. The van der Waals surface area contributed by atoms with Crippen LogP contribution in [0.4, 0.5) is 8.78 Å². The third kappa shape index (κ3) is 5.40. The number of hydrogen-bond donors (Lipinski definition) is 3. The number of ketones is 2. The van der Waals surface area contributed by atoms with Gasteiger partial charge in [0.15, 0.2) is 23.1 Å². The number of likely N-dealkylation sites (tertiary alicyclic amines) is 1. The normalized spacial score (nSPS) is 20.1. The van der Waals surface area contributed by atoms with Gasteiger partial charge in [-0.2, -0.15) is 0 Å². The fourth-order valence-corrected chi connectivity index (χ4v) is 5.28. The Morgan fingerprint density at radius 2 is 1.65 bits per heavy atom. The highest BCUT2D eigenvalue weighted by atomic mass is 19.1. The van der Waals surface area contributed by atoms with Crippen molar-refractivity contribution in [3.8, 4) is 11.5 Å². The molecule has 0 amide bonds. The molecule has 0 unspecified atom stereocenters. The van der Waals surface area contributed by atoms with Crippen LogP contribution in [0.1, 0.15) is 37.8 Å². The Hall–Kier alpha value is -3.62. The molecule has 4 rings (SSSR count). The van der Waals surface area contributed by atoms with Crippen molar-refractivity contribution in [2.45, 2.75) is 12.8 Å². The topological polar surface area (TPSA) is 89.9 Å². The van der Waals surface area contributed by atoms with Crippen LogP contribution < -0.4 is 5.32 Å². The molecule has 1 saturated heterocycles. The molecule has 3 aromatic rings. The van der Waals surface area contributed by atoms with Crippen LogP contribution in [-0.2, 0) is 0 Å². The summed E-state index contributed by atoms with van der Waals surface area (Å²) in [6.07, 6.45) is 0. The van der Waals surface area contributed by atoms with Crippen molar-refractivity contribution in [1.82, 2.24) is 10.2 Å². The number of benzene rings is 3. The summed E-state index contributed by atoms with van der Waals surface area (Å²) in [7, 11) is 1.79. The molecule has 0 radical (unpaired) electrons. The molecule has 0 saturated carbocycles. The Labute approximate surface area is 214 Å². The van der Waals surface area contributed by atoms with Crippen LogP contribution in [-0.4, -0.2) is 59.9 Å². The maximum atomic E-state index is 14.9. The first kappa shape index (κ1) is 26.4. The molecule has 1 aliphatic heterocycles. The first-order chi connectivity index (χ1) is 17.7. The van der Waals surface area contributed by atoms with Crippen molar-refractivity contribution >= 4 is 11.6 Å². The molecule has 3 N–H and O–H groups in total. The van der Waals surface area contributed by atoms with E-state index in [0.717, 1.165) is 6.07 Å². The minimum absolute atomic E-state index is 0.0679. The van der Waals surface area contributed by atoms with E-state index >= 15 is 0 Å². The quantitative estimate of drug-likeness (QED) is 0.393. The molecule has 1 fully saturated rings. The van der Waals surface area contributed by atoms with Crippen LogP contribution >= 0.6 is 0 Å². The predicted molar refractivity (Wildman–Crippen MR) is 136 cm³/mol. The van der Waals surface area contributed by atoms with Gasteiger partial charge in [-0.15, -0.1) is 0 Å². The molecular formula is C29H30F2N2O4. The third-order valence-electron chi connectivity index (χ3n) is 7.17. The number of aromatic hydroxyl groups is 2. The van der Waals surface area contributed by atoms with Crippen LogP contribution in [0.2, 0.25) is 0 Å². The number of Topliss-reactive ketones (excluding diaryl/α,β-unsaturated/α-hetero) is 2. The Balaban J connectivity index is 1.88. The minimum Gasteiger partial charge on any atom is -0.508 e. The van der Waals surface area contributed by atoms with Crippen molar-refractivity contribution in [3.05, 3.63) is 94.6 Å². The van der Waals surface area contributed by atoms with E-state index in [9.17, 15) is 28.6 Å². The van der Waals surface area contributed by atoms with Crippen LogP contribution in [0.5, 0.6) is 11.5 Å². The van der Waals surface area contributed by atoms with E-state index in [1.54, 1.807) is 32.2 Å². The van der Waals surface area contributed by atoms with Gasteiger partial charge in [-0.05, 0) is 55.4 Å². The lowest BCUT2D eigenvalue weighted by Crippen LogP contribution is -2.51. The van der Waals surface area contributed by atoms with Gasteiger partial charge < -0.3 is 20.4 Å². The Morgan fingerprint density at radius 1 is 0.973 bits per heavy atom.